The number of benzene rings is 2. The molecule has 3 rings (SSSR count). The Morgan fingerprint density at radius 2 is 1.71 bits per heavy atom. The second-order valence-corrected chi connectivity index (χ2v) is 7.86. The Balaban J connectivity index is 2.01. The van der Waals surface area contributed by atoms with Gasteiger partial charge in [0.15, 0.2) is 5.78 Å². The summed E-state index contributed by atoms with van der Waals surface area (Å²) in [6.07, 6.45) is 1.55. The Labute approximate surface area is 142 Å². The van der Waals surface area contributed by atoms with Crippen LogP contribution in [0.2, 0.25) is 0 Å². The lowest BCUT2D eigenvalue weighted by molar-refractivity contribution is 0.103. The fraction of sp³-hybridized carbons (Fsp3) is 0.278. The van der Waals surface area contributed by atoms with Crippen LogP contribution >= 0.6 is 0 Å². The molecule has 1 atom stereocenters. The van der Waals surface area contributed by atoms with Gasteiger partial charge >= 0.3 is 0 Å². The average Bonchev–Trinajstić information content (AvgIpc) is 2.62. The molecule has 2 aromatic carbocycles. The molecule has 0 aromatic heterocycles. The average molecular weight is 344 g/mol. The fourth-order valence-electron chi connectivity index (χ4n) is 2.96. The lowest BCUT2D eigenvalue weighted by atomic mass is 10.0. The molecule has 6 heteroatoms. The third-order valence-corrected chi connectivity index (χ3v) is 6.13. The van der Waals surface area contributed by atoms with E-state index in [1.54, 1.807) is 42.5 Å². The Morgan fingerprint density at radius 3 is 2.42 bits per heavy atom. The van der Waals surface area contributed by atoms with Gasteiger partial charge < -0.3 is 5.73 Å². The maximum atomic E-state index is 13.0. The highest BCUT2D eigenvalue weighted by atomic mass is 32.2. The molecule has 0 saturated carbocycles. The van der Waals surface area contributed by atoms with Gasteiger partial charge in [0, 0.05) is 30.3 Å². The van der Waals surface area contributed by atoms with E-state index in [0.29, 0.717) is 12.1 Å². The minimum Gasteiger partial charge on any atom is -0.327 e. The van der Waals surface area contributed by atoms with Crippen LogP contribution in [0.5, 0.6) is 0 Å². The largest absolute Gasteiger partial charge is 0.327 e. The molecule has 1 saturated heterocycles. The lowest BCUT2D eigenvalue weighted by Gasteiger charge is -2.30. The monoisotopic (exact) mass is 344 g/mol. The number of hydrogen-bond donors (Lipinski definition) is 1. The summed E-state index contributed by atoms with van der Waals surface area (Å²) in [5.74, 6) is -0.295. The number of carbonyl (C=O) groups excluding carboxylic acids is 1. The van der Waals surface area contributed by atoms with E-state index < -0.39 is 10.0 Å². The van der Waals surface area contributed by atoms with Gasteiger partial charge in [0.1, 0.15) is 0 Å². The Bertz CT molecular complexity index is 834. The molecule has 1 fully saturated rings. The Kier molecular flexibility index (Phi) is 4.80. The van der Waals surface area contributed by atoms with Gasteiger partial charge in [0.25, 0.3) is 0 Å². The van der Waals surface area contributed by atoms with E-state index >= 15 is 0 Å². The molecular formula is C18H20N2O3S. The van der Waals surface area contributed by atoms with Gasteiger partial charge in [-0.2, -0.15) is 4.31 Å². The van der Waals surface area contributed by atoms with Crippen molar-refractivity contribution >= 4 is 15.8 Å². The minimum absolute atomic E-state index is 0.0490. The van der Waals surface area contributed by atoms with Crippen molar-refractivity contribution in [3.8, 4) is 0 Å². The summed E-state index contributed by atoms with van der Waals surface area (Å²) in [6, 6.07) is 14.9. The van der Waals surface area contributed by atoms with Crippen LogP contribution in [0.25, 0.3) is 0 Å². The number of carbonyl (C=O) groups is 1. The highest BCUT2D eigenvalue weighted by molar-refractivity contribution is 7.89. The third-order valence-electron chi connectivity index (χ3n) is 4.21. The molecule has 0 spiro atoms. The molecule has 24 heavy (non-hydrogen) atoms. The summed E-state index contributed by atoms with van der Waals surface area (Å²) >= 11 is 0. The van der Waals surface area contributed by atoms with Gasteiger partial charge in [-0.25, -0.2) is 8.42 Å². The highest BCUT2D eigenvalue weighted by Crippen LogP contribution is 2.25. The smallest absolute Gasteiger partial charge is 0.243 e. The molecule has 0 unspecified atom stereocenters. The van der Waals surface area contributed by atoms with Crippen LogP contribution < -0.4 is 5.73 Å². The Hall–Kier alpha value is -2.02. The van der Waals surface area contributed by atoms with Crippen LogP contribution in [-0.4, -0.2) is 37.6 Å². The van der Waals surface area contributed by atoms with E-state index in [-0.39, 0.29) is 28.8 Å². The second kappa shape index (κ2) is 6.84. The number of nitrogens with two attached hydrogens (primary N) is 1. The molecule has 1 heterocycles. The van der Waals surface area contributed by atoms with Crippen molar-refractivity contribution in [3.05, 3.63) is 65.7 Å². The van der Waals surface area contributed by atoms with Crippen molar-refractivity contribution < 1.29 is 13.2 Å². The predicted molar refractivity (Wildman–Crippen MR) is 92.3 cm³/mol. The first-order valence-corrected chi connectivity index (χ1v) is 9.38. The zero-order chi connectivity index (χ0) is 17.2. The first-order chi connectivity index (χ1) is 11.5. The maximum absolute atomic E-state index is 13.0. The Morgan fingerprint density at radius 1 is 1.04 bits per heavy atom. The second-order valence-electron chi connectivity index (χ2n) is 5.96. The highest BCUT2D eigenvalue weighted by Gasteiger charge is 2.31. The van der Waals surface area contributed by atoms with Gasteiger partial charge in [0.05, 0.1) is 4.90 Å². The number of rotatable bonds is 4. The van der Waals surface area contributed by atoms with Crippen LogP contribution in [0.1, 0.15) is 28.8 Å². The standard InChI is InChI=1S/C18H20N2O3S/c19-15-9-6-12-20(13-15)24(22,23)17-11-5-4-10-16(17)18(21)14-7-2-1-3-8-14/h1-5,7-8,10-11,15H,6,9,12-13,19H2/t15-/m1/s1. The van der Waals surface area contributed by atoms with Gasteiger partial charge in [-0.3, -0.25) is 4.79 Å². The number of hydrogen-bond acceptors (Lipinski definition) is 4. The van der Waals surface area contributed by atoms with E-state index in [0.717, 1.165) is 12.8 Å². The minimum atomic E-state index is -3.75. The van der Waals surface area contributed by atoms with Crippen molar-refractivity contribution in [2.45, 2.75) is 23.8 Å². The van der Waals surface area contributed by atoms with Gasteiger partial charge in [0.2, 0.25) is 10.0 Å². The summed E-state index contributed by atoms with van der Waals surface area (Å²) in [7, 11) is -3.75. The summed E-state index contributed by atoms with van der Waals surface area (Å²) in [5, 5.41) is 0. The quantitative estimate of drug-likeness (QED) is 0.861. The van der Waals surface area contributed by atoms with Crippen LogP contribution in [0.15, 0.2) is 59.5 Å². The van der Waals surface area contributed by atoms with Crippen LogP contribution in [0.4, 0.5) is 0 Å². The van der Waals surface area contributed by atoms with Crippen molar-refractivity contribution in [2.24, 2.45) is 5.73 Å². The van der Waals surface area contributed by atoms with E-state index in [4.69, 9.17) is 5.73 Å². The van der Waals surface area contributed by atoms with Crippen LogP contribution in [0, 0.1) is 0 Å². The summed E-state index contributed by atoms with van der Waals surface area (Å²) < 4.78 is 27.4. The van der Waals surface area contributed by atoms with Crippen molar-refractivity contribution in [2.75, 3.05) is 13.1 Å². The van der Waals surface area contributed by atoms with E-state index in [9.17, 15) is 13.2 Å². The van der Waals surface area contributed by atoms with Crippen LogP contribution in [0.3, 0.4) is 0 Å². The molecular weight excluding hydrogens is 324 g/mol. The van der Waals surface area contributed by atoms with Gasteiger partial charge in [-0.05, 0) is 25.0 Å². The maximum Gasteiger partial charge on any atom is 0.243 e. The molecule has 0 amide bonds. The number of ketones is 1. The first kappa shape index (κ1) is 16.8. The zero-order valence-corrected chi connectivity index (χ0v) is 14.1. The number of sulfonamides is 1. The normalized spacial score (nSPS) is 19.1. The molecule has 2 N–H and O–H groups in total. The van der Waals surface area contributed by atoms with Crippen LogP contribution in [-0.2, 0) is 10.0 Å². The topological polar surface area (TPSA) is 80.5 Å². The molecule has 0 bridgehead atoms. The SMILES string of the molecule is N[C@@H]1CCCN(S(=O)(=O)c2ccccc2C(=O)c2ccccc2)C1. The molecule has 5 nitrogen and oxygen atoms in total. The summed E-state index contributed by atoms with van der Waals surface area (Å²) in [4.78, 5) is 12.8. The molecule has 0 aliphatic carbocycles. The van der Waals surface area contributed by atoms with Gasteiger partial charge in [-0.15, -0.1) is 0 Å². The summed E-state index contributed by atoms with van der Waals surface area (Å²) in [5.41, 5.74) is 6.58. The van der Waals surface area contributed by atoms with Crippen molar-refractivity contribution in [3.63, 3.8) is 0 Å². The molecule has 2 aromatic rings. The van der Waals surface area contributed by atoms with Crippen molar-refractivity contribution in [1.82, 2.24) is 4.31 Å². The summed E-state index contributed by atoms with van der Waals surface area (Å²) in [6.45, 7) is 0.722. The van der Waals surface area contributed by atoms with E-state index in [2.05, 4.69) is 0 Å². The molecule has 1 aliphatic heterocycles. The molecule has 0 radical (unpaired) electrons. The first-order valence-electron chi connectivity index (χ1n) is 7.94. The third kappa shape index (κ3) is 3.26. The molecule has 1 aliphatic rings. The van der Waals surface area contributed by atoms with Gasteiger partial charge in [-0.1, -0.05) is 42.5 Å². The fourth-order valence-corrected chi connectivity index (χ4v) is 4.68. The number of piperidine rings is 1. The zero-order valence-electron chi connectivity index (χ0n) is 13.3. The van der Waals surface area contributed by atoms with E-state index in [1.807, 2.05) is 6.07 Å². The number of nitrogens with zero attached hydrogens (tertiary/aromatic N) is 1. The molecule has 126 valence electrons. The van der Waals surface area contributed by atoms with Crippen molar-refractivity contribution in [1.29, 1.82) is 0 Å². The lowest BCUT2D eigenvalue weighted by Crippen LogP contribution is -2.45. The predicted octanol–water partition coefficient (Wildman–Crippen LogP) is 2.03. The van der Waals surface area contributed by atoms with E-state index in [1.165, 1.54) is 10.4 Å².